The number of rotatable bonds is 7. The van der Waals surface area contributed by atoms with Gasteiger partial charge in [-0.15, -0.1) is 0 Å². The van der Waals surface area contributed by atoms with Crippen LogP contribution in [-0.4, -0.2) is 25.3 Å². The second-order valence-corrected chi connectivity index (χ2v) is 5.06. The molecule has 0 unspecified atom stereocenters. The van der Waals surface area contributed by atoms with Crippen LogP contribution in [0.2, 0.25) is 0 Å². The van der Waals surface area contributed by atoms with Crippen LogP contribution in [0.15, 0.2) is 66.8 Å². The van der Waals surface area contributed by atoms with E-state index >= 15 is 0 Å². The molecule has 0 heterocycles. The molecule has 0 atom stereocenters. The van der Waals surface area contributed by atoms with Gasteiger partial charge >= 0.3 is 5.97 Å². The van der Waals surface area contributed by atoms with Gasteiger partial charge in [-0.2, -0.15) is 0 Å². The number of hydrogen-bond donors (Lipinski definition) is 1. The molecule has 0 saturated carbocycles. The molecule has 0 spiro atoms. The predicted octanol–water partition coefficient (Wildman–Crippen LogP) is 4.17. The summed E-state index contributed by atoms with van der Waals surface area (Å²) in [5.41, 5.74) is 3.02. The maximum Gasteiger partial charge on any atom is 0.307 e. The molecule has 0 aliphatic heterocycles. The van der Waals surface area contributed by atoms with Crippen molar-refractivity contribution in [1.82, 2.24) is 0 Å². The SMILES string of the molecule is COc1ccc(C(=C/C=C/CC(=O)O)c2ccc(OC)cc2)cc1. The Labute approximate surface area is 141 Å². The lowest BCUT2D eigenvalue weighted by molar-refractivity contribution is -0.136. The van der Waals surface area contributed by atoms with Crippen LogP contribution in [0.4, 0.5) is 0 Å². The van der Waals surface area contributed by atoms with E-state index in [0.717, 1.165) is 28.2 Å². The Morgan fingerprint density at radius 3 is 1.75 bits per heavy atom. The lowest BCUT2D eigenvalue weighted by atomic mass is 9.97. The van der Waals surface area contributed by atoms with Gasteiger partial charge in [0.15, 0.2) is 0 Å². The van der Waals surface area contributed by atoms with Gasteiger partial charge in [-0.3, -0.25) is 4.79 Å². The lowest BCUT2D eigenvalue weighted by Crippen LogP contribution is -1.91. The Morgan fingerprint density at radius 2 is 1.38 bits per heavy atom. The molecular formula is C20H20O4. The van der Waals surface area contributed by atoms with Crippen LogP contribution in [0, 0.1) is 0 Å². The maximum atomic E-state index is 10.6. The highest BCUT2D eigenvalue weighted by atomic mass is 16.5. The summed E-state index contributed by atoms with van der Waals surface area (Å²) in [5.74, 6) is 0.721. The van der Waals surface area contributed by atoms with Crippen LogP contribution in [-0.2, 0) is 4.79 Å². The van der Waals surface area contributed by atoms with Crippen LogP contribution in [0.3, 0.4) is 0 Å². The van der Waals surface area contributed by atoms with Gasteiger partial charge in [0.2, 0.25) is 0 Å². The van der Waals surface area contributed by atoms with Gasteiger partial charge in [0.1, 0.15) is 11.5 Å². The number of methoxy groups -OCH3 is 2. The normalized spacial score (nSPS) is 10.4. The number of benzene rings is 2. The molecule has 24 heavy (non-hydrogen) atoms. The Hall–Kier alpha value is -3.01. The Bertz CT molecular complexity index is 676. The van der Waals surface area contributed by atoms with Crippen molar-refractivity contribution in [3.8, 4) is 11.5 Å². The van der Waals surface area contributed by atoms with E-state index in [9.17, 15) is 4.79 Å². The number of carbonyl (C=O) groups is 1. The first-order chi connectivity index (χ1) is 11.6. The fraction of sp³-hybridized carbons (Fsp3) is 0.150. The molecule has 4 heteroatoms. The summed E-state index contributed by atoms with van der Waals surface area (Å²) in [6.07, 6.45) is 5.29. The second-order valence-electron chi connectivity index (χ2n) is 5.06. The summed E-state index contributed by atoms with van der Waals surface area (Å²) < 4.78 is 10.4. The van der Waals surface area contributed by atoms with Gasteiger partial charge in [0.05, 0.1) is 20.6 Å². The number of carboxylic acids is 1. The minimum Gasteiger partial charge on any atom is -0.497 e. The molecule has 124 valence electrons. The van der Waals surface area contributed by atoms with E-state index < -0.39 is 5.97 Å². The molecule has 0 saturated heterocycles. The quantitative estimate of drug-likeness (QED) is 0.777. The predicted molar refractivity (Wildman–Crippen MR) is 94.5 cm³/mol. The van der Waals surface area contributed by atoms with E-state index in [1.165, 1.54) is 0 Å². The van der Waals surface area contributed by atoms with Gasteiger partial charge in [0, 0.05) is 0 Å². The average Bonchev–Trinajstić information content (AvgIpc) is 2.62. The van der Waals surface area contributed by atoms with Crippen LogP contribution < -0.4 is 9.47 Å². The fourth-order valence-corrected chi connectivity index (χ4v) is 2.23. The molecule has 2 aromatic carbocycles. The second kappa shape index (κ2) is 8.58. The third kappa shape index (κ3) is 4.74. The molecule has 2 aromatic rings. The van der Waals surface area contributed by atoms with Crippen LogP contribution >= 0.6 is 0 Å². The number of ether oxygens (including phenoxy) is 2. The van der Waals surface area contributed by atoms with Gasteiger partial charge in [-0.25, -0.2) is 0 Å². The van der Waals surface area contributed by atoms with Crippen molar-refractivity contribution in [2.24, 2.45) is 0 Å². The first-order valence-electron chi connectivity index (χ1n) is 7.51. The van der Waals surface area contributed by atoms with E-state index in [2.05, 4.69) is 0 Å². The van der Waals surface area contributed by atoms with Crippen molar-refractivity contribution in [2.45, 2.75) is 6.42 Å². The van der Waals surface area contributed by atoms with Gasteiger partial charge in [-0.05, 0) is 41.0 Å². The molecule has 0 aliphatic carbocycles. The summed E-state index contributed by atoms with van der Waals surface area (Å²) in [5, 5.41) is 8.73. The van der Waals surface area contributed by atoms with Gasteiger partial charge in [0.25, 0.3) is 0 Å². The van der Waals surface area contributed by atoms with Gasteiger partial charge in [-0.1, -0.05) is 42.5 Å². The molecular weight excluding hydrogens is 304 g/mol. The van der Waals surface area contributed by atoms with E-state index in [4.69, 9.17) is 14.6 Å². The summed E-state index contributed by atoms with van der Waals surface area (Å²) in [6, 6.07) is 15.5. The Balaban J connectivity index is 2.37. The van der Waals surface area contributed by atoms with Crippen LogP contribution in [0.25, 0.3) is 5.57 Å². The number of hydrogen-bond acceptors (Lipinski definition) is 3. The number of carboxylic acid groups (broad SMARTS) is 1. The zero-order valence-electron chi connectivity index (χ0n) is 13.7. The maximum absolute atomic E-state index is 10.6. The van der Waals surface area contributed by atoms with Crippen LogP contribution in [0.1, 0.15) is 17.5 Å². The molecule has 0 radical (unpaired) electrons. The van der Waals surface area contributed by atoms with E-state index in [-0.39, 0.29) is 6.42 Å². The standard InChI is InChI=1S/C20H20O4/c1-23-17-11-7-15(8-12-17)19(5-3-4-6-20(21)22)16-9-13-18(24-2)14-10-16/h3-5,7-14H,6H2,1-2H3,(H,21,22)/b4-3+. The van der Waals surface area contributed by atoms with Crippen molar-refractivity contribution in [3.63, 3.8) is 0 Å². The smallest absolute Gasteiger partial charge is 0.307 e. The third-order valence-electron chi connectivity index (χ3n) is 3.49. The van der Waals surface area contributed by atoms with E-state index in [1.807, 2.05) is 54.6 Å². The summed E-state index contributed by atoms with van der Waals surface area (Å²) in [6.45, 7) is 0. The van der Waals surface area contributed by atoms with Crippen molar-refractivity contribution in [1.29, 1.82) is 0 Å². The minimum absolute atomic E-state index is 0.00496. The van der Waals surface area contributed by atoms with E-state index in [1.54, 1.807) is 26.4 Å². The third-order valence-corrected chi connectivity index (χ3v) is 3.49. The average molecular weight is 324 g/mol. The Kier molecular flexibility index (Phi) is 6.20. The first-order valence-corrected chi connectivity index (χ1v) is 7.51. The summed E-state index contributed by atoms with van der Waals surface area (Å²) in [7, 11) is 3.26. The first kappa shape index (κ1) is 17.3. The van der Waals surface area contributed by atoms with E-state index in [0.29, 0.717) is 0 Å². The van der Waals surface area contributed by atoms with Crippen molar-refractivity contribution >= 4 is 11.5 Å². The van der Waals surface area contributed by atoms with Gasteiger partial charge < -0.3 is 14.6 Å². The minimum atomic E-state index is -0.852. The highest BCUT2D eigenvalue weighted by molar-refractivity contribution is 5.81. The molecule has 4 nitrogen and oxygen atoms in total. The lowest BCUT2D eigenvalue weighted by Gasteiger charge is -2.10. The molecule has 1 N–H and O–H groups in total. The largest absolute Gasteiger partial charge is 0.497 e. The van der Waals surface area contributed by atoms with Crippen molar-refractivity contribution in [2.75, 3.05) is 14.2 Å². The molecule has 0 fully saturated rings. The molecule has 2 rings (SSSR count). The monoisotopic (exact) mass is 324 g/mol. The fourth-order valence-electron chi connectivity index (χ4n) is 2.23. The molecule has 0 amide bonds. The van der Waals surface area contributed by atoms with Crippen molar-refractivity contribution < 1.29 is 19.4 Å². The molecule has 0 aliphatic rings. The highest BCUT2D eigenvalue weighted by Gasteiger charge is 2.05. The highest BCUT2D eigenvalue weighted by Crippen LogP contribution is 2.27. The topological polar surface area (TPSA) is 55.8 Å². The van der Waals surface area contributed by atoms with Crippen LogP contribution in [0.5, 0.6) is 11.5 Å². The Morgan fingerprint density at radius 1 is 0.917 bits per heavy atom. The molecule has 0 bridgehead atoms. The summed E-state index contributed by atoms with van der Waals surface area (Å²) in [4.78, 5) is 10.6. The van der Waals surface area contributed by atoms with Crippen molar-refractivity contribution in [3.05, 3.63) is 77.9 Å². The number of allylic oxidation sites excluding steroid dienone is 2. The zero-order chi connectivity index (χ0) is 17.4. The summed E-state index contributed by atoms with van der Waals surface area (Å²) >= 11 is 0. The zero-order valence-corrected chi connectivity index (χ0v) is 13.7. The number of aliphatic carboxylic acids is 1. The molecule has 0 aromatic heterocycles.